The number of hydrogen-bond acceptors (Lipinski definition) is 2. The maximum Gasteiger partial charge on any atom is 0.337 e. The van der Waals surface area contributed by atoms with E-state index < -0.39 is 5.97 Å². The summed E-state index contributed by atoms with van der Waals surface area (Å²) >= 11 is 0. The van der Waals surface area contributed by atoms with Gasteiger partial charge in [-0.1, -0.05) is 18.2 Å². The van der Waals surface area contributed by atoms with E-state index in [9.17, 15) is 9.90 Å². The lowest BCUT2D eigenvalue weighted by atomic mass is 10.0. The SMILES string of the molecule is N#CCC1(Cn2cc(C(=O)O)c3ccccc32)CC1. The highest BCUT2D eigenvalue weighted by Gasteiger charge is 2.43. The summed E-state index contributed by atoms with van der Waals surface area (Å²) in [5.74, 6) is -0.903. The minimum absolute atomic E-state index is 0.0618. The fourth-order valence-electron chi connectivity index (χ4n) is 2.64. The molecular formula is C15H14N2O2. The quantitative estimate of drug-likeness (QED) is 0.911. The van der Waals surface area contributed by atoms with Crippen LogP contribution < -0.4 is 0 Å². The van der Waals surface area contributed by atoms with Gasteiger partial charge in [0, 0.05) is 35.5 Å². The lowest BCUT2D eigenvalue weighted by molar-refractivity contribution is 0.0698. The molecule has 1 fully saturated rings. The summed E-state index contributed by atoms with van der Waals surface area (Å²) in [5.41, 5.74) is 1.33. The molecule has 4 heteroatoms. The van der Waals surface area contributed by atoms with E-state index in [1.807, 2.05) is 28.8 Å². The lowest BCUT2D eigenvalue weighted by Gasteiger charge is -2.13. The van der Waals surface area contributed by atoms with Crippen LogP contribution in [0.25, 0.3) is 10.9 Å². The molecule has 0 radical (unpaired) electrons. The van der Waals surface area contributed by atoms with Crippen molar-refractivity contribution in [2.24, 2.45) is 5.41 Å². The average Bonchev–Trinajstić information content (AvgIpc) is 3.04. The van der Waals surface area contributed by atoms with Crippen LogP contribution in [0.5, 0.6) is 0 Å². The van der Waals surface area contributed by atoms with Crippen molar-refractivity contribution in [2.45, 2.75) is 25.8 Å². The molecule has 0 spiro atoms. The Kier molecular flexibility index (Phi) is 2.56. The summed E-state index contributed by atoms with van der Waals surface area (Å²) < 4.78 is 1.99. The standard InChI is InChI=1S/C15H14N2O2/c16-8-7-15(5-6-15)10-17-9-12(14(18)19)11-3-1-2-4-13(11)17/h1-4,9H,5-7,10H2,(H,18,19). The van der Waals surface area contributed by atoms with Crippen LogP contribution in [-0.4, -0.2) is 15.6 Å². The Hall–Kier alpha value is -2.28. The number of nitriles is 1. The minimum Gasteiger partial charge on any atom is -0.478 e. The number of aromatic nitrogens is 1. The molecule has 1 aliphatic rings. The molecular weight excluding hydrogens is 240 g/mol. The van der Waals surface area contributed by atoms with Gasteiger partial charge in [0.25, 0.3) is 0 Å². The molecule has 0 atom stereocenters. The zero-order chi connectivity index (χ0) is 13.5. The number of carboxylic acid groups (broad SMARTS) is 1. The highest BCUT2D eigenvalue weighted by molar-refractivity contribution is 6.03. The third-order valence-corrected chi connectivity index (χ3v) is 3.94. The number of rotatable bonds is 4. The molecule has 1 aliphatic carbocycles. The van der Waals surface area contributed by atoms with Crippen molar-refractivity contribution in [3.05, 3.63) is 36.0 Å². The Balaban J connectivity index is 2.05. The molecule has 0 aliphatic heterocycles. The normalized spacial score (nSPS) is 16.2. The van der Waals surface area contributed by atoms with Gasteiger partial charge in [-0.3, -0.25) is 0 Å². The predicted octanol–water partition coefficient (Wildman–Crippen LogP) is 3.03. The van der Waals surface area contributed by atoms with E-state index in [1.54, 1.807) is 6.20 Å². The molecule has 1 N–H and O–H groups in total. The third-order valence-electron chi connectivity index (χ3n) is 3.94. The van der Waals surface area contributed by atoms with Crippen LogP contribution in [0.3, 0.4) is 0 Å². The van der Waals surface area contributed by atoms with E-state index in [1.165, 1.54) is 0 Å². The molecule has 1 heterocycles. The van der Waals surface area contributed by atoms with Crippen molar-refractivity contribution in [2.75, 3.05) is 0 Å². The van der Waals surface area contributed by atoms with E-state index >= 15 is 0 Å². The lowest BCUT2D eigenvalue weighted by Crippen LogP contribution is -2.10. The first-order valence-corrected chi connectivity index (χ1v) is 6.33. The van der Waals surface area contributed by atoms with Gasteiger partial charge in [-0.25, -0.2) is 4.79 Å². The monoisotopic (exact) mass is 254 g/mol. The summed E-state index contributed by atoms with van der Waals surface area (Å²) in [7, 11) is 0. The fourth-order valence-corrected chi connectivity index (χ4v) is 2.64. The summed E-state index contributed by atoms with van der Waals surface area (Å²) in [5, 5.41) is 18.9. The molecule has 19 heavy (non-hydrogen) atoms. The number of nitrogens with zero attached hydrogens (tertiary/aromatic N) is 2. The Morgan fingerprint density at radius 2 is 2.16 bits per heavy atom. The molecule has 0 unspecified atom stereocenters. The largest absolute Gasteiger partial charge is 0.478 e. The number of carboxylic acids is 1. The van der Waals surface area contributed by atoms with Gasteiger partial charge in [-0.2, -0.15) is 5.26 Å². The third kappa shape index (κ3) is 1.97. The van der Waals surface area contributed by atoms with Crippen LogP contribution in [0.1, 0.15) is 29.6 Å². The van der Waals surface area contributed by atoms with Crippen molar-refractivity contribution in [3.63, 3.8) is 0 Å². The van der Waals surface area contributed by atoms with Crippen LogP contribution in [0.15, 0.2) is 30.5 Å². The van der Waals surface area contributed by atoms with E-state index in [4.69, 9.17) is 5.26 Å². The summed E-state index contributed by atoms with van der Waals surface area (Å²) in [6.07, 6.45) is 4.34. The van der Waals surface area contributed by atoms with Crippen molar-refractivity contribution in [3.8, 4) is 6.07 Å². The maximum absolute atomic E-state index is 11.3. The number of hydrogen-bond donors (Lipinski definition) is 1. The Morgan fingerprint density at radius 3 is 2.79 bits per heavy atom. The molecule has 1 saturated carbocycles. The van der Waals surface area contributed by atoms with Crippen LogP contribution in [0.2, 0.25) is 0 Å². The van der Waals surface area contributed by atoms with Crippen molar-refractivity contribution < 1.29 is 9.90 Å². The van der Waals surface area contributed by atoms with Gasteiger partial charge in [-0.05, 0) is 18.9 Å². The van der Waals surface area contributed by atoms with Gasteiger partial charge in [0.05, 0.1) is 11.6 Å². The minimum atomic E-state index is -0.903. The van der Waals surface area contributed by atoms with Crippen LogP contribution >= 0.6 is 0 Å². The van der Waals surface area contributed by atoms with Gasteiger partial charge in [0.15, 0.2) is 0 Å². The molecule has 3 rings (SSSR count). The number of para-hydroxylation sites is 1. The number of aromatic carboxylic acids is 1. The molecule has 4 nitrogen and oxygen atoms in total. The number of carbonyl (C=O) groups is 1. The Morgan fingerprint density at radius 1 is 1.42 bits per heavy atom. The number of benzene rings is 1. The number of fused-ring (bicyclic) bond motifs is 1. The zero-order valence-electron chi connectivity index (χ0n) is 10.5. The van der Waals surface area contributed by atoms with Crippen LogP contribution in [0, 0.1) is 16.7 Å². The zero-order valence-corrected chi connectivity index (χ0v) is 10.5. The predicted molar refractivity (Wildman–Crippen MR) is 70.8 cm³/mol. The maximum atomic E-state index is 11.3. The van der Waals surface area contributed by atoms with Crippen LogP contribution in [0.4, 0.5) is 0 Å². The van der Waals surface area contributed by atoms with E-state index in [0.717, 1.165) is 30.3 Å². The first-order valence-electron chi connectivity index (χ1n) is 6.33. The molecule has 2 aromatic rings. The van der Waals surface area contributed by atoms with Crippen LogP contribution in [-0.2, 0) is 6.54 Å². The average molecular weight is 254 g/mol. The van der Waals surface area contributed by atoms with Gasteiger partial charge in [-0.15, -0.1) is 0 Å². The van der Waals surface area contributed by atoms with Gasteiger partial charge < -0.3 is 9.67 Å². The van der Waals surface area contributed by atoms with Gasteiger partial charge in [0.2, 0.25) is 0 Å². The topological polar surface area (TPSA) is 66.0 Å². The van der Waals surface area contributed by atoms with E-state index in [0.29, 0.717) is 12.0 Å². The molecule has 96 valence electrons. The van der Waals surface area contributed by atoms with Gasteiger partial charge >= 0.3 is 5.97 Å². The molecule has 0 bridgehead atoms. The summed E-state index contributed by atoms with van der Waals surface area (Å²) in [6, 6.07) is 9.77. The highest BCUT2D eigenvalue weighted by Crippen LogP contribution is 2.50. The van der Waals surface area contributed by atoms with Crippen molar-refractivity contribution >= 4 is 16.9 Å². The Bertz CT molecular complexity index is 690. The molecule has 1 aromatic carbocycles. The van der Waals surface area contributed by atoms with Crippen molar-refractivity contribution in [1.29, 1.82) is 5.26 Å². The smallest absolute Gasteiger partial charge is 0.337 e. The first-order chi connectivity index (χ1) is 9.15. The second kappa shape index (κ2) is 4.13. The Labute approximate surface area is 110 Å². The first kappa shape index (κ1) is 11.8. The highest BCUT2D eigenvalue weighted by atomic mass is 16.4. The van der Waals surface area contributed by atoms with E-state index in [2.05, 4.69) is 6.07 Å². The second-order valence-electron chi connectivity index (χ2n) is 5.33. The molecule has 0 amide bonds. The molecule has 1 aromatic heterocycles. The van der Waals surface area contributed by atoms with E-state index in [-0.39, 0.29) is 5.41 Å². The molecule has 0 saturated heterocycles. The summed E-state index contributed by atoms with van der Waals surface area (Å²) in [4.78, 5) is 11.3. The van der Waals surface area contributed by atoms with Gasteiger partial charge in [0.1, 0.15) is 0 Å². The second-order valence-corrected chi connectivity index (χ2v) is 5.33. The fraction of sp³-hybridized carbons (Fsp3) is 0.333. The summed E-state index contributed by atoms with van der Waals surface area (Å²) in [6.45, 7) is 0.731. The van der Waals surface area contributed by atoms with Crippen molar-refractivity contribution in [1.82, 2.24) is 4.57 Å².